The summed E-state index contributed by atoms with van der Waals surface area (Å²) in [6.07, 6.45) is -0.0581. The molecule has 1 heterocycles. The third-order valence-corrected chi connectivity index (χ3v) is 7.22. The number of nitrogens with zero attached hydrogens (tertiary/aromatic N) is 2. The van der Waals surface area contributed by atoms with Crippen molar-refractivity contribution in [3.63, 3.8) is 0 Å². The second-order valence-electron chi connectivity index (χ2n) is 7.39. The Balaban J connectivity index is 1.71. The molecule has 0 fully saturated rings. The van der Waals surface area contributed by atoms with Gasteiger partial charge in [0.2, 0.25) is 11.8 Å². The number of halogens is 1. The molecule has 0 aromatic heterocycles. The molecule has 1 aliphatic heterocycles. The van der Waals surface area contributed by atoms with Crippen LogP contribution in [0.1, 0.15) is 35.7 Å². The van der Waals surface area contributed by atoms with Gasteiger partial charge in [-0.15, -0.1) is 0 Å². The van der Waals surface area contributed by atoms with E-state index in [0.29, 0.717) is 0 Å². The predicted molar refractivity (Wildman–Crippen MR) is 114 cm³/mol. The molecule has 0 bridgehead atoms. The molecular weight excluding hydrogens is 437 g/mol. The van der Waals surface area contributed by atoms with Gasteiger partial charge in [-0.05, 0) is 31.5 Å². The van der Waals surface area contributed by atoms with E-state index in [1.165, 1.54) is 55.3 Å². The third-order valence-electron chi connectivity index (χ3n) is 5.38. The fourth-order valence-electron chi connectivity index (χ4n) is 3.57. The second-order valence-corrected chi connectivity index (χ2v) is 9.22. The van der Waals surface area contributed by atoms with Crippen LogP contribution in [0, 0.1) is 5.82 Å². The Morgan fingerprint density at radius 3 is 2.44 bits per heavy atom. The van der Waals surface area contributed by atoms with Crippen LogP contribution in [0.15, 0.2) is 53.4 Å². The molecule has 1 N–H and O–H groups in total. The number of amides is 3. The summed E-state index contributed by atoms with van der Waals surface area (Å²) in [5, 5.41) is 2.47. The van der Waals surface area contributed by atoms with Gasteiger partial charge >= 0.3 is 0 Å². The fraction of sp³-hybridized carbons (Fsp3) is 0.318. The summed E-state index contributed by atoms with van der Waals surface area (Å²) in [4.78, 5) is 38.8. The number of fused-ring (bicyclic) bond motifs is 1. The first-order valence-electron chi connectivity index (χ1n) is 10.1. The monoisotopic (exact) mass is 461 g/mol. The molecule has 3 rings (SSSR count). The smallest absolute Gasteiger partial charge is 0.269 e. The van der Waals surface area contributed by atoms with Crippen molar-refractivity contribution in [2.45, 2.75) is 37.2 Å². The minimum absolute atomic E-state index is 0.0502. The number of carbonyl (C=O) groups is 3. The summed E-state index contributed by atoms with van der Waals surface area (Å²) in [6.45, 7) is 1.23. The Bertz CT molecular complexity index is 1150. The van der Waals surface area contributed by atoms with Gasteiger partial charge in [0, 0.05) is 32.1 Å². The van der Waals surface area contributed by atoms with E-state index in [1.54, 1.807) is 12.1 Å². The van der Waals surface area contributed by atoms with Crippen LogP contribution in [0.2, 0.25) is 0 Å². The van der Waals surface area contributed by atoms with Crippen LogP contribution >= 0.6 is 0 Å². The van der Waals surface area contributed by atoms with Crippen LogP contribution in [0.5, 0.6) is 0 Å². The van der Waals surface area contributed by atoms with Gasteiger partial charge < -0.3 is 10.2 Å². The quantitative estimate of drug-likeness (QED) is 0.647. The lowest BCUT2D eigenvalue weighted by molar-refractivity contribution is -0.140. The largest absolute Gasteiger partial charge is 0.357 e. The van der Waals surface area contributed by atoms with Crippen LogP contribution in [0.25, 0.3) is 0 Å². The molecule has 0 saturated heterocycles. The van der Waals surface area contributed by atoms with Crippen LogP contribution < -0.4 is 5.32 Å². The lowest BCUT2D eigenvalue weighted by atomic mass is 10.1. The first-order valence-corrected chi connectivity index (χ1v) is 11.5. The fourth-order valence-corrected chi connectivity index (χ4v) is 5.18. The van der Waals surface area contributed by atoms with Gasteiger partial charge in [-0.1, -0.05) is 30.3 Å². The summed E-state index contributed by atoms with van der Waals surface area (Å²) in [5.74, 6) is -2.00. The predicted octanol–water partition coefficient (Wildman–Crippen LogP) is 1.91. The highest BCUT2D eigenvalue weighted by atomic mass is 32.2. The van der Waals surface area contributed by atoms with E-state index in [1.807, 2.05) is 0 Å². The lowest BCUT2D eigenvalue weighted by Crippen LogP contribution is -2.47. The molecule has 0 saturated carbocycles. The number of hydrogen-bond donors (Lipinski definition) is 1. The number of hydrogen-bond acceptors (Lipinski definition) is 5. The topological polar surface area (TPSA) is 104 Å². The summed E-state index contributed by atoms with van der Waals surface area (Å²) in [5.41, 5.74) is 0.359. The lowest BCUT2D eigenvalue weighted by Gasteiger charge is -2.28. The Morgan fingerprint density at radius 2 is 1.78 bits per heavy atom. The number of carbonyl (C=O) groups excluding carboxylic acids is 3. The van der Waals surface area contributed by atoms with Crippen molar-refractivity contribution in [2.24, 2.45) is 0 Å². The number of sulfonamides is 1. The maximum Gasteiger partial charge on any atom is 0.269 e. The van der Waals surface area contributed by atoms with Crippen molar-refractivity contribution in [1.29, 1.82) is 0 Å². The van der Waals surface area contributed by atoms with Crippen molar-refractivity contribution in [3.05, 3.63) is 65.5 Å². The van der Waals surface area contributed by atoms with E-state index in [-0.39, 0.29) is 42.0 Å². The molecule has 32 heavy (non-hydrogen) atoms. The minimum atomic E-state index is -3.96. The molecule has 0 radical (unpaired) electrons. The van der Waals surface area contributed by atoms with Gasteiger partial charge in [-0.2, -0.15) is 0 Å². The summed E-state index contributed by atoms with van der Waals surface area (Å²) >= 11 is 0. The van der Waals surface area contributed by atoms with Gasteiger partial charge in [-0.25, -0.2) is 17.1 Å². The zero-order valence-corrected chi connectivity index (χ0v) is 18.6. The van der Waals surface area contributed by atoms with Crippen LogP contribution in [-0.4, -0.2) is 55.0 Å². The highest BCUT2D eigenvalue weighted by Gasteiger charge is 2.40. The summed E-state index contributed by atoms with van der Waals surface area (Å²) in [7, 11) is -2.52. The highest BCUT2D eigenvalue weighted by molar-refractivity contribution is 7.90. The molecule has 1 atom stereocenters. The van der Waals surface area contributed by atoms with Crippen molar-refractivity contribution in [1.82, 2.24) is 14.5 Å². The van der Waals surface area contributed by atoms with Gasteiger partial charge in [0.25, 0.3) is 15.9 Å². The maximum absolute atomic E-state index is 14.1. The van der Waals surface area contributed by atoms with E-state index in [9.17, 15) is 27.2 Å². The summed E-state index contributed by atoms with van der Waals surface area (Å²) < 4.78 is 40.2. The SMILES string of the molecule is CNC(=O)[C@@H](C)N(Cc1ccccc1F)C(=O)CCCN1C(=O)c2ccccc2S1(=O)=O. The molecule has 8 nitrogen and oxygen atoms in total. The van der Waals surface area contributed by atoms with E-state index < -0.39 is 39.6 Å². The minimum Gasteiger partial charge on any atom is -0.357 e. The molecule has 2 aromatic rings. The van der Waals surface area contributed by atoms with Crippen LogP contribution in [0.3, 0.4) is 0 Å². The van der Waals surface area contributed by atoms with Gasteiger partial charge in [0.15, 0.2) is 0 Å². The van der Waals surface area contributed by atoms with E-state index >= 15 is 0 Å². The summed E-state index contributed by atoms with van der Waals surface area (Å²) in [6, 6.07) is 11.0. The van der Waals surface area contributed by atoms with E-state index in [4.69, 9.17) is 0 Å². The molecular formula is C22H24FN3O5S. The van der Waals surface area contributed by atoms with E-state index in [2.05, 4.69) is 5.32 Å². The Labute approximate surface area is 186 Å². The van der Waals surface area contributed by atoms with Gasteiger partial charge in [0.1, 0.15) is 16.8 Å². The van der Waals surface area contributed by atoms with Crippen molar-refractivity contribution in [2.75, 3.05) is 13.6 Å². The van der Waals surface area contributed by atoms with E-state index in [0.717, 1.165) is 4.31 Å². The van der Waals surface area contributed by atoms with Crippen molar-refractivity contribution >= 4 is 27.7 Å². The van der Waals surface area contributed by atoms with Gasteiger partial charge in [0.05, 0.1) is 5.56 Å². The second kappa shape index (κ2) is 9.47. The molecule has 0 spiro atoms. The number of likely N-dealkylation sites (N-methyl/N-ethyl adjacent to an activating group) is 1. The molecule has 10 heteroatoms. The zero-order valence-electron chi connectivity index (χ0n) is 17.7. The van der Waals surface area contributed by atoms with Gasteiger partial charge in [-0.3, -0.25) is 14.4 Å². The number of nitrogens with one attached hydrogen (secondary N) is 1. The first kappa shape index (κ1) is 23.4. The molecule has 2 aromatic carbocycles. The number of rotatable bonds is 8. The van der Waals surface area contributed by atoms with Crippen molar-refractivity contribution in [3.8, 4) is 0 Å². The highest BCUT2D eigenvalue weighted by Crippen LogP contribution is 2.30. The first-order chi connectivity index (χ1) is 15.2. The van der Waals surface area contributed by atoms with Crippen LogP contribution in [0.4, 0.5) is 4.39 Å². The molecule has 0 unspecified atom stereocenters. The Hall–Kier alpha value is -3.27. The number of benzene rings is 2. The Kier molecular flexibility index (Phi) is 6.93. The third kappa shape index (κ3) is 4.50. The standard InChI is InChI=1S/C22H24FN3O5S/c1-15(21(28)24-2)25(14-16-8-3-5-10-18(16)23)20(27)12-7-13-26-22(29)17-9-4-6-11-19(17)32(26,30)31/h3-6,8-11,15H,7,12-14H2,1-2H3,(H,24,28)/t15-/m1/s1. The molecule has 1 aliphatic rings. The average molecular weight is 462 g/mol. The van der Waals surface area contributed by atoms with Crippen molar-refractivity contribution < 1.29 is 27.2 Å². The maximum atomic E-state index is 14.1. The van der Waals surface area contributed by atoms with Crippen LogP contribution in [-0.2, 0) is 26.2 Å². The zero-order chi connectivity index (χ0) is 23.5. The molecule has 3 amide bonds. The molecule has 0 aliphatic carbocycles. The molecule has 170 valence electrons. The normalized spacial score (nSPS) is 15.2. The average Bonchev–Trinajstić information content (AvgIpc) is 2.98. The Morgan fingerprint density at radius 1 is 1.12 bits per heavy atom.